The predicted octanol–water partition coefficient (Wildman–Crippen LogP) is 4.21. The molecule has 0 bridgehead atoms. The van der Waals surface area contributed by atoms with Crippen molar-refractivity contribution in [2.75, 3.05) is 0 Å². The molecule has 0 saturated carbocycles. The first-order valence-corrected chi connectivity index (χ1v) is 15.8. The van der Waals surface area contributed by atoms with Crippen molar-refractivity contribution >= 4 is 47.7 Å². The summed E-state index contributed by atoms with van der Waals surface area (Å²) in [7, 11) is 0. The summed E-state index contributed by atoms with van der Waals surface area (Å²) < 4.78 is -0.272. The number of aliphatic carboxylic acids is 2. The SMILES string of the molecule is C=CC1=C(C)[C@@H](CC2N/C(=C/c3[nH]c(/C=C4\NC(=O)[C@H](C)[C@]45S[C@H]5C)c(C)c3CCC(=O)O)C(CCC(=O)O)=C2C)NC1=O. The molecule has 0 aromatic carbocycles. The van der Waals surface area contributed by atoms with E-state index in [0.717, 1.165) is 50.6 Å². The number of H-pyrrole nitrogens is 1. The first-order chi connectivity index (χ1) is 20.8. The van der Waals surface area contributed by atoms with Gasteiger partial charge in [-0.1, -0.05) is 26.5 Å². The average Bonchev–Trinajstić information content (AvgIpc) is 3.13. The van der Waals surface area contributed by atoms with Gasteiger partial charge in [-0.2, -0.15) is 0 Å². The van der Waals surface area contributed by atoms with Gasteiger partial charge >= 0.3 is 11.9 Å². The maximum Gasteiger partial charge on any atom is 0.303 e. The van der Waals surface area contributed by atoms with Gasteiger partial charge in [0.25, 0.3) is 5.91 Å². The van der Waals surface area contributed by atoms with Crippen LogP contribution < -0.4 is 16.0 Å². The second-order valence-corrected chi connectivity index (χ2v) is 13.8. The van der Waals surface area contributed by atoms with Crippen LogP contribution >= 0.6 is 11.8 Å². The standard InChI is InChI=1S/C33H40N4O6S/c1-7-20-15(2)24(36-32(20)43)12-23-16(3)21(8-10-29(38)39)26(34-23)13-27-22(9-11-30(40)41)17(4)25(35-27)14-28-33(19(6)44-33)18(5)31(42)37-28/h7,13-14,18-19,23-24,34-35H,1,8-12H2,2-6H3,(H,36,43)(H,37,42)(H,38,39)(H,40,41)/b26-13+,28-14-/t18-,19-,23?,24+,33+/m0/s1. The highest BCUT2D eigenvalue weighted by Crippen LogP contribution is 2.64. The number of amides is 2. The van der Waals surface area contributed by atoms with Crippen LogP contribution in [0.15, 0.2) is 46.3 Å². The Morgan fingerprint density at radius 2 is 1.59 bits per heavy atom. The van der Waals surface area contributed by atoms with Gasteiger partial charge in [0.1, 0.15) is 0 Å². The largest absolute Gasteiger partial charge is 0.481 e. The summed E-state index contributed by atoms with van der Waals surface area (Å²) >= 11 is 1.77. The molecule has 5 heterocycles. The van der Waals surface area contributed by atoms with Crippen molar-refractivity contribution in [1.29, 1.82) is 0 Å². The Balaban J connectivity index is 1.52. The van der Waals surface area contributed by atoms with Crippen LogP contribution in [0.5, 0.6) is 0 Å². The zero-order valence-electron chi connectivity index (χ0n) is 25.7. The van der Waals surface area contributed by atoms with E-state index < -0.39 is 11.9 Å². The fraction of sp³-hybridized carbons (Fsp3) is 0.455. The van der Waals surface area contributed by atoms with Gasteiger partial charge in [-0.15, -0.1) is 11.8 Å². The zero-order chi connectivity index (χ0) is 32.1. The van der Waals surface area contributed by atoms with Gasteiger partial charge in [0, 0.05) is 52.5 Å². The summed E-state index contributed by atoms with van der Waals surface area (Å²) in [5, 5.41) is 28.9. The molecule has 1 spiro atoms. The van der Waals surface area contributed by atoms with Crippen LogP contribution in [0.25, 0.3) is 12.2 Å². The van der Waals surface area contributed by atoms with E-state index in [-0.39, 0.29) is 47.4 Å². The molecule has 2 saturated heterocycles. The van der Waals surface area contributed by atoms with Gasteiger partial charge in [0.2, 0.25) is 5.91 Å². The van der Waals surface area contributed by atoms with E-state index in [1.807, 2.05) is 39.8 Å². The Morgan fingerprint density at radius 1 is 0.955 bits per heavy atom. The summed E-state index contributed by atoms with van der Waals surface area (Å²) in [5.41, 5.74) is 8.33. The monoisotopic (exact) mass is 620 g/mol. The number of carbonyl (C=O) groups excluding carboxylic acids is 2. The van der Waals surface area contributed by atoms with Gasteiger partial charge in [-0.3, -0.25) is 19.2 Å². The molecule has 11 heteroatoms. The summed E-state index contributed by atoms with van der Waals surface area (Å²) in [4.78, 5) is 51.6. The van der Waals surface area contributed by atoms with E-state index in [1.165, 1.54) is 0 Å². The van der Waals surface area contributed by atoms with E-state index in [1.54, 1.807) is 17.8 Å². The number of rotatable bonds is 11. The molecule has 5 atom stereocenters. The summed E-state index contributed by atoms with van der Waals surface area (Å²) in [5.74, 6) is -2.09. The molecule has 44 heavy (non-hydrogen) atoms. The van der Waals surface area contributed by atoms with Crippen molar-refractivity contribution in [3.05, 3.63) is 68.9 Å². The van der Waals surface area contributed by atoms with E-state index in [0.29, 0.717) is 30.1 Å². The van der Waals surface area contributed by atoms with Gasteiger partial charge in [0.15, 0.2) is 0 Å². The Labute approximate surface area is 261 Å². The topological polar surface area (TPSA) is 161 Å². The molecular formula is C33H40N4O6S. The molecule has 1 aromatic rings. The lowest BCUT2D eigenvalue weighted by Gasteiger charge is -2.20. The first-order valence-electron chi connectivity index (χ1n) is 15.0. The Morgan fingerprint density at radius 3 is 2.18 bits per heavy atom. The molecule has 10 nitrogen and oxygen atoms in total. The van der Waals surface area contributed by atoms with Gasteiger partial charge in [-0.05, 0) is 80.0 Å². The molecule has 2 amide bonds. The normalized spacial score (nSPS) is 29.6. The highest BCUT2D eigenvalue weighted by molar-refractivity contribution is 8.09. The molecule has 4 aliphatic heterocycles. The highest BCUT2D eigenvalue weighted by Gasteiger charge is 2.65. The maximum absolute atomic E-state index is 12.6. The molecule has 2 fully saturated rings. The minimum atomic E-state index is -0.902. The van der Waals surface area contributed by atoms with Crippen LogP contribution in [0.4, 0.5) is 0 Å². The quantitative estimate of drug-likeness (QED) is 0.201. The Hall–Kier alpha value is -3.99. The second kappa shape index (κ2) is 11.8. The lowest BCUT2D eigenvalue weighted by atomic mass is 9.91. The number of hydrogen-bond donors (Lipinski definition) is 6. The van der Waals surface area contributed by atoms with E-state index in [4.69, 9.17) is 0 Å². The number of aromatic nitrogens is 1. The smallest absolute Gasteiger partial charge is 0.303 e. The number of hydrogen-bond acceptors (Lipinski definition) is 6. The number of carboxylic acids is 2. The number of carbonyl (C=O) groups is 4. The van der Waals surface area contributed by atoms with Gasteiger partial charge in [0.05, 0.1) is 16.7 Å². The van der Waals surface area contributed by atoms with Crippen LogP contribution in [0, 0.1) is 12.8 Å². The van der Waals surface area contributed by atoms with Gasteiger partial charge in [-0.25, -0.2) is 0 Å². The molecule has 0 radical (unpaired) electrons. The first kappa shape index (κ1) is 31.4. The average molecular weight is 621 g/mol. The second-order valence-electron chi connectivity index (χ2n) is 12.1. The molecule has 1 aromatic heterocycles. The lowest BCUT2D eigenvalue weighted by molar-refractivity contribution is -0.138. The fourth-order valence-corrected chi connectivity index (χ4v) is 8.27. The number of allylic oxidation sites excluding steroid dienone is 1. The number of thioether (sulfide) groups is 1. The third-order valence-corrected chi connectivity index (χ3v) is 11.5. The molecular weight excluding hydrogens is 580 g/mol. The Bertz CT molecular complexity index is 1600. The predicted molar refractivity (Wildman–Crippen MR) is 170 cm³/mol. The van der Waals surface area contributed by atoms with Crippen molar-refractivity contribution in [3.63, 3.8) is 0 Å². The molecule has 1 unspecified atom stereocenters. The maximum atomic E-state index is 12.6. The molecule has 5 rings (SSSR count). The van der Waals surface area contributed by atoms with E-state index in [9.17, 15) is 29.4 Å². The van der Waals surface area contributed by atoms with Crippen molar-refractivity contribution < 1.29 is 29.4 Å². The molecule has 6 N–H and O–H groups in total. The Kier molecular flexibility index (Phi) is 8.45. The van der Waals surface area contributed by atoms with E-state index in [2.05, 4.69) is 34.4 Å². The zero-order valence-corrected chi connectivity index (χ0v) is 26.5. The van der Waals surface area contributed by atoms with E-state index >= 15 is 0 Å². The van der Waals surface area contributed by atoms with Crippen LogP contribution in [-0.4, -0.2) is 61.0 Å². The molecule has 0 aliphatic carbocycles. The summed E-state index contributed by atoms with van der Waals surface area (Å²) in [6.45, 7) is 13.7. The van der Waals surface area contributed by atoms with Crippen LogP contribution in [0.2, 0.25) is 0 Å². The third kappa shape index (κ3) is 5.53. The van der Waals surface area contributed by atoms with Crippen molar-refractivity contribution in [3.8, 4) is 0 Å². The third-order valence-electron chi connectivity index (χ3n) is 9.67. The van der Waals surface area contributed by atoms with Crippen LogP contribution in [-0.2, 0) is 25.6 Å². The highest BCUT2D eigenvalue weighted by atomic mass is 32.2. The van der Waals surface area contributed by atoms with Crippen molar-refractivity contribution in [1.82, 2.24) is 20.9 Å². The van der Waals surface area contributed by atoms with Gasteiger partial charge < -0.3 is 31.1 Å². The van der Waals surface area contributed by atoms with Crippen LogP contribution in [0.1, 0.15) is 75.9 Å². The number of nitrogens with one attached hydrogen (secondary N) is 4. The molecule has 4 aliphatic rings. The molecule has 234 valence electrons. The lowest BCUT2D eigenvalue weighted by Crippen LogP contribution is -2.36. The summed E-state index contributed by atoms with van der Waals surface area (Å²) in [6, 6.07) is -0.322. The number of carboxylic acid groups (broad SMARTS) is 2. The minimum absolute atomic E-state index is 0.000575. The minimum Gasteiger partial charge on any atom is -0.481 e. The van der Waals surface area contributed by atoms with Crippen LogP contribution in [0.3, 0.4) is 0 Å². The van der Waals surface area contributed by atoms with Crippen molar-refractivity contribution in [2.24, 2.45) is 5.92 Å². The van der Waals surface area contributed by atoms with Crippen molar-refractivity contribution in [2.45, 2.75) is 88.8 Å². The number of aromatic amines is 1. The fourth-order valence-electron chi connectivity index (χ4n) is 6.87. The summed E-state index contributed by atoms with van der Waals surface area (Å²) in [6.07, 6.45) is 6.61.